The number of rotatable bonds is 5. The predicted molar refractivity (Wildman–Crippen MR) is 126 cm³/mol. The number of ether oxygens (including phenoxy) is 2. The normalized spacial score (nSPS) is 24.8. The lowest BCUT2D eigenvalue weighted by molar-refractivity contribution is -0.142. The van der Waals surface area contributed by atoms with Gasteiger partial charge in [0, 0.05) is 31.6 Å². The van der Waals surface area contributed by atoms with Crippen LogP contribution in [0.2, 0.25) is 0 Å². The molecule has 0 bridgehead atoms. The highest BCUT2D eigenvalue weighted by molar-refractivity contribution is 5.91. The van der Waals surface area contributed by atoms with Gasteiger partial charge in [0.2, 0.25) is 12.7 Å². The number of furan rings is 1. The quantitative estimate of drug-likeness (QED) is 0.638. The fourth-order valence-corrected chi connectivity index (χ4v) is 5.71. The van der Waals surface area contributed by atoms with Crippen LogP contribution in [0, 0.1) is 17.8 Å². The van der Waals surface area contributed by atoms with Crippen molar-refractivity contribution in [3.05, 3.63) is 47.9 Å². The van der Waals surface area contributed by atoms with Crippen molar-refractivity contribution in [1.29, 1.82) is 0 Å². The SMILES string of the molecule is C[C@H]1[C@H](C)CCC[C@@H]1N(Cc1ccc2c(c1)OCO2)C(=O)C1CCN(C(=O)c2ccco2)CC1. The van der Waals surface area contributed by atoms with Crippen molar-refractivity contribution in [3.8, 4) is 11.5 Å². The number of carbonyl (C=O) groups is 2. The zero-order valence-corrected chi connectivity index (χ0v) is 20.1. The third kappa shape index (κ3) is 4.52. The first-order valence-corrected chi connectivity index (χ1v) is 12.5. The molecule has 2 aromatic rings. The van der Waals surface area contributed by atoms with Gasteiger partial charge >= 0.3 is 0 Å². The minimum Gasteiger partial charge on any atom is -0.459 e. The summed E-state index contributed by atoms with van der Waals surface area (Å²) in [5, 5.41) is 0. The molecule has 34 heavy (non-hydrogen) atoms. The maximum Gasteiger partial charge on any atom is 0.289 e. The molecule has 182 valence electrons. The van der Waals surface area contributed by atoms with Crippen LogP contribution in [-0.4, -0.2) is 47.5 Å². The Kier molecular flexibility index (Phi) is 6.53. The van der Waals surface area contributed by atoms with Crippen molar-refractivity contribution in [3.63, 3.8) is 0 Å². The molecule has 1 saturated carbocycles. The van der Waals surface area contributed by atoms with E-state index < -0.39 is 0 Å². The van der Waals surface area contributed by atoms with Gasteiger partial charge in [0.1, 0.15) is 0 Å². The molecule has 7 heteroatoms. The van der Waals surface area contributed by atoms with Gasteiger partial charge in [-0.05, 0) is 60.9 Å². The number of nitrogens with zero attached hydrogens (tertiary/aromatic N) is 2. The lowest BCUT2D eigenvalue weighted by Gasteiger charge is -2.44. The first-order chi connectivity index (χ1) is 16.5. The van der Waals surface area contributed by atoms with E-state index in [-0.39, 0.29) is 30.6 Å². The molecule has 0 N–H and O–H groups in total. The topological polar surface area (TPSA) is 72.2 Å². The summed E-state index contributed by atoms with van der Waals surface area (Å²) in [6.45, 7) is 6.56. The maximum absolute atomic E-state index is 13.9. The Bertz CT molecular complexity index is 1010. The van der Waals surface area contributed by atoms with Gasteiger partial charge in [-0.1, -0.05) is 32.8 Å². The van der Waals surface area contributed by atoms with E-state index in [4.69, 9.17) is 13.9 Å². The summed E-state index contributed by atoms with van der Waals surface area (Å²) in [5.41, 5.74) is 1.06. The van der Waals surface area contributed by atoms with Crippen LogP contribution in [0.25, 0.3) is 0 Å². The third-order valence-corrected chi connectivity index (χ3v) is 8.00. The Morgan fingerprint density at radius 2 is 1.82 bits per heavy atom. The summed E-state index contributed by atoms with van der Waals surface area (Å²) in [6.07, 6.45) is 6.29. The predicted octanol–water partition coefficient (Wildman–Crippen LogP) is 4.71. The molecule has 1 aromatic carbocycles. The van der Waals surface area contributed by atoms with E-state index in [0.717, 1.165) is 29.9 Å². The molecule has 1 aliphatic carbocycles. The molecule has 3 aliphatic rings. The molecular weight excluding hydrogens is 432 g/mol. The maximum atomic E-state index is 13.9. The Labute approximate surface area is 201 Å². The molecule has 0 radical (unpaired) electrons. The largest absolute Gasteiger partial charge is 0.459 e. The lowest BCUT2D eigenvalue weighted by Crippen LogP contribution is -2.51. The van der Waals surface area contributed by atoms with E-state index in [9.17, 15) is 9.59 Å². The van der Waals surface area contributed by atoms with E-state index in [2.05, 4.69) is 18.7 Å². The monoisotopic (exact) mass is 466 g/mol. The molecule has 2 amide bonds. The lowest BCUT2D eigenvalue weighted by atomic mass is 9.76. The van der Waals surface area contributed by atoms with Gasteiger partial charge in [-0.25, -0.2) is 0 Å². The minimum atomic E-state index is -0.0946. The van der Waals surface area contributed by atoms with E-state index in [1.54, 1.807) is 17.0 Å². The van der Waals surface area contributed by atoms with Gasteiger partial charge in [-0.2, -0.15) is 0 Å². The highest BCUT2D eigenvalue weighted by Crippen LogP contribution is 2.37. The molecule has 3 atom stereocenters. The van der Waals surface area contributed by atoms with E-state index in [1.165, 1.54) is 12.7 Å². The number of carbonyl (C=O) groups excluding carboxylic acids is 2. The van der Waals surface area contributed by atoms with Crippen LogP contribution < -0.4 is 9.47 Å². The zero-order valence-electron chi connectivity index (χ0n) is 20.1. The third-order valence-electron chi connectivity index (χ3n) is 8.00. The Hall–Kier alpha value is -2.96. The van der Waals surface area contributed by atoms with Gasteiger partial charge in [0.25, 0.3) is 5.91 Å². The first kappa shape index (κ1) is 22.8. The number of likely N-dealkylation sites (tertiary alicyclic amines) is 1. The summed E-state index contributed by atoms with van der Waals surface area (Å²) < 4.78 is 16.3. The molecule has 0 unspecified atom stereocenters. The Morgan fingerprint density at radius 3 is 2.59 bits per heavy atom. The Morgan fingerprint density at radius 1 is 1.03 bits per heavy atom. The summed E-state index contributed by atoms with van der Waals surface area (Å²) >= 11 is 0. The fraction of sp³-hybridized carbons (Fsp3) is 0.556. The van der Waals surface area contributed by atoms with Gasteiger partial charge in [0.15, 0.2) is 17.3 Å². The number of hydrogen-bond acceptors (Lipinski definition) is 5. The number of benzene rings is 1. The van der Waals surface area contributed by atoms with Crippen molar-refractivity contribution in [2.24, 2.45) is 17.8 Å². The van der Waals surface area contributed by atoms with Crippen molar-refractivity contribution < 1.29 is 23.5 Å². The van der Waals surface area contributed by atoms with Crippen LogP contribution in [0.4, 0.5) is 0 Å². The smallest absolute Gasteiger partial charge is 0.289 e. The fourth-order valence-electron chi connectivity index (χ4n) is 5.71. The number of hydrogen-bond donors (Lipinski definition) is 0. The van der Waals surface area contributed by atoms with Crippen LogP contribution >= 0.6 is 0 Å². The van der Waals surface area contributed by atoms with Crippen LogP contribution in [0.15, 0.2) is 41.0 Å². The van der Waals surface area contributed by atoms with Gasteiger partial charge in [0.05, 0.1) is 6.26 Å². The second kappa shape index (κ2) is 9.72. The van der Waals surface area contributed by atoms with Crippen molar-refractivity contribution >= 4 is 11.8 Å². The molecule has 2 aliphatic heterocycles. The molecular formula is C27H34N2O5. The number of amides is 2. The first-order valence-electron chi connectivity index (χ1n) is 12.5. The molecule has 1 aromatic heterocycles. The van der Waals surface area contributed by atoms with E-state index in [0.29, 0.717) is 50.1 Å². The molecule has 0 spiro atoms. The minimum absolute atomic E-state index is 0.0703. The van der Waals surface area contributed by atoms with Crippen molar-refractivity contribution in [2.75, 3.05) is 19.9 Å². The van der Waals surface area contributed by atoms with Crippen molar-refractivity contribution in [2.45, 2.75) is 58.5 Å². The molecule has 5 rings (SSSR count). The van der Waals surface area contributed by atoms with Crippen LogP contribution in [0.3, 0.4) is 0 Å². The van der Waals surface area contributed by atoms with E-state index >= 15 is 0 Å². The number of fused-ring (bicyclic) bond motifs is 1. The van der Waals surface area contributed by atoms with Gasteiger partial charge in [-0.15, -0.1) is 0 Å². The number of piperidine rings is 1. The highest BCUT2D eigenvalue weighted by Gasteiger charge is 2.38. The zero-order chi connectivity index (χ0) is 23.7. The second-order valence-electron chi connectivity index (χ2n) is 10.0. The average molecular weight is 467 g/mol. The average Bonchev–Trinajstić information content (AvgIpc) is 3.56. The summed E-state index contributed by atoms with van der Waals surface area (Å²) in [5.74, 6) is 2.97. The van der Waals surface area contributed by atoms with Crippen LogP contribution in [0.1, 0.15) is 62.1 Å². The molecule has 2 fully saturated rings. The van der Waals surface area contributed by atoms with Crippen molar-refractivity contribution in [1.82, 2.24) is 9.80 Å². The molecule has 7 nitrogen and oxygen atoms in total. The molecule has 1 saturated heterocycles. The molecule has 3 heterocycles. The summed E-state index contributed by atoms with van der Waals surface area (Å²) in [6, 6.07) is 9.62. The van der Waals surface area contributed by atoms with Crippen LogP contribution in [-0.2, 0) is 11.3 Å². The van der Waals surface area contributed by atoms with Gasteiger partial charge < -0.3 is 23.7 Å². The van der Waals surface area contributed by atoms with Crippen LogP contribution in [0.5, 0.6) is 11.5 Å². The highest BCUT2D eigenvalue weighted by atomic mass is 16.7. The second-order valence-corrected chi connectivity index (χ2v) is 10.0. The summed E-state index contributed by atoms with van der Waals surface area (Å²) in [7, 11) is 0. The van der Waals surface area contributed by atoms with Gasteiger partial charge in [-0.3, -0.25) is 9.59 Å². The van der Waals surface area contributed by atoms with E-state index in [1.807, 2.05) is 18.2 Å². The Balaban J connectivity index is 1.31. The summed E-state index contributed by atoms with van der Waals surface area (Å²) in [4.78, 5) is 30.5. The standard InChI is InChI=1S/C27H34N2O5/c1-18-5-3-6-22(19(18)2)29(16-20-8-9-23-25(15-20)34-17-33-23)26(30)21-10-12-28(13-11-21)27(31)24-7-4-14-32-24/h4,7-9,14-15,18-19,21-22H,3,5-6,10-13,16-17H2,1-2H3/t18-,19+,22+/m1/s1.